The maximum atomic E-state index is 7.75. The standard InChI is InChI=1S/C15H22BrN3/c1-19(12-6-4-2-3-5-7-12)14-9-8-11(16)10-13(14)15(17)18/h8-10,12H,2-7H2,1H3,(H3,17,18). The lowest BCUT2D eigenvalue weighted by Gasteiger charge is -2.31. The molecule has 1 aromatic carbocycles. The third kappa shape index (κ3) is 3.50. The molecule has 0 heterocycles. The van der Waals surface area contributed by atoms with Crippen molar-refractivity contribution in [2.45, 2.75) is 44.6 Å². The van der Waals surface area contributed by atoms with E-state index in [-0.39, 0.29) is 5.84 Å². The van der Waals surface area contributed by atoms with Crippen LogP contribution in [0.15, 0.2) is 22.7 Å². The van der Waals surface area contributed by atoms with E-state index in [0.717, 1.165) is 15.7 Å². The van der Waals surface area contributed by atoms with Gasteiger partial charge >= 0.3 is 0 Å². The summed E-state index contributed by atoms with van der Waals surface area (Å²) in [5.74, 6) is 0.136. The van der Waals surface area contributed by atoms with Crippen LogP contribution in [-0.4, -0.2) is 18.9 Å². The molecule has 1 aliphatic rings. The zero-order valence-electron chi connectivity index (χ0n) is 11.5. The number of nitrogens with zero attached hydrogens (tertiary/aromatic N) is 1. The third-order valence-electron chi connectivity index (χ3n) is 4.00. The first-order chi connectivity index (χ1) is 9.09. The van der Waals surface area contributed by atoms with Crippen molar-refractivity contribution in [1.29, 1.82) is 5.41 Å². The number of nitrogens with one attached hydrogen (secondary N) is 1. The topological polar surface area (TPSA) is 53.1 Å². The first kappa shape index (κ1) is 14.4. The van der Waals surface area contributed by atoms with Gasteiger partial charge in [-0.25, -0.2) is 0 Å². The Morgan fingerprint density at radius 2 is 1.89 bits per heavy atom. The number of anilines is 1. The third-order valence-corrected chi connectivity index (χ3v) is 4.49. The Labute approximate surface area is 123 Å². The minimum atomic E-state index is 0.136. The number of nitrogens with two attached hydrogens (primary N) is 1. The van der Waals surface area contributed by atoms with Gasteiger partial charge in [0.25, 0.3) is 0 Å². The van der Waals surface area contributed by atoms with Gasteiger partial charge in [0.05, 0.1) is 0 Å². The van der Waals surface area contributed by atoms with E-state index < -0.39 is 0 Å². The molecule has 0 atom stereocenters. The summed E-state index contributed by atoms with van der Waals surface area (Å²) in [6.45, 7) is 0. The Morgan fingerprint density at radius 3 is 2.47 bits per heavy atom. The van der Waals surface area contributed by atoms with Crippen LogP contribution in [0.1, 0.15) is 44.1 Å². The van der Waals surface area contributed by atoms with Gasteiger partial charge in [-0.3, -0.25) is 5.41 Å². The number of benzene rings is 1. The van der Waals surface area contributed by atoms with Crippen molar-refractivity contribution in [3.05, 3.63) is 28.2 Å². The highest BCUT2D eigenvalue weighted by molar-refractivity contribution is 9.10. The van der Waals surface area contributed by atoms with Gasteiger partial charge in [-0.2, -0.15) is 0 Å². The summed E-state index contributed by atoms with van der Waals surface area (Å²) in [6, 6.07) is 6.59. The van der Waals surface area contributed by atoms with Crippen LogP contribution in [0.4, 0.5) is 5.69 Å². The van der Waals surface area contributed by atoms with Gasteiger partial charge in [0.15, 0.2) is 0 Å². The van der Waals surface area contributed by atoms with Crippen molar-refractivity contribution in [2.75, 3.05) is 11.9 Å². The number of amidine groups is 1. The highest BCUT2D eigenvalue weighted by Gasteiger charge is 2.20. The summed E-state index contributed by atoms with van der Waals surface area (Å²) >= 11 is 3.45. The minimum Gasteiger partial charge on any atom is -0.384 e. The molecule has 19 heavy (non-hydrogen) atoms. The summed E-state index contributed by atoms with van der Waals surface area (Å²) in [5, 5.41) is 7.75. The first-order valence-corrected chi connectivity index (χ1v) is 7.75. The molecule has 4 heteroatoms. The second-order valence-electron chi connectivity index (χ2n) is 5.33. The van der Waals surface area contributed by atoms with Gasteiger partial charge < -0.3 is 10.6 Å². The van der Waals surface area contributed by atoms with Gasteiger partial charge in [0, 0.05) is 28.8 Å². The summed E-state index contributed by atoms with van der Waals surface area (Å²) in [4.78, 5) is 2.31. The first-order valence-electron chi connectivity index (χ1n) is 6.96. The normalized spacial score (nSPS) is 16.9. The fourth-order valence-electron chi connectivity index (χ4n) is 2.87. The van der Waals surface area contributed by atoms with Gasteiger partial charge in [-0.1, -0.05) is 41.6 Å². The Morgan fingerprint density at radius 1 is 1.26 bits per heavy atom. The number of rotatable bonds is 3. The fraction of sp³-hybridized carbons (Fsp3) is 0.533. The zero-order valence-corrected chi connectivity index (χ0v) is 13.0. The highest BCUT2D eigenvalue weighted by atomic mass is 79.9. The van der Waals surface area contributed by atoms with Crippen molar-refractivity contribution >= 4 is 27.5 Å². The van der Waals surface area contributed by atoms with Crippen molar-refractivity contribution in [2.24, 2.45) is 5.73 Å². The van der Waals surface area contributed by atoms with Crippen molar-refractivity contribution in [1.82, 2.24) is 0 Å². The van der Waals surface area contributed by atoms with E-state index >= 15 is 0 Å². The van der Waals surface area contributed by atoms with Crippen molar-refractivity contribution in [3.8, 4) is 0 Å². The van der Waals surface area contributed by atoms with E-state index in [0.29, 0.717) is 6.04 Å². The van der Waals surface area contributed by atoms with E-state index in [9.17, 15) is 0 Å². The van der Waals surface area contributed by atoms with Gasteiger partial charge in [0.1, 0.15) is 5.84 Å². The molecule has 0 radical (unpaired) electrons. The molecule has 0 aliphatic heterocycles. The maximum Gasteiger partial charge on any atom is 0.124 e. The lowest BCUT2D eigenvalue weighted by Crippen LogP contribution is -2.33. The average molecular weight is 324 g/mol. The number of hydrogen-bond donors (Lipinski definition) is 2. The monoisotopic (exact) mass is 323 g/mol. The smallest absolute Gasteiger partial charge is 0.124 e. The van der Waals surface area contributed by atoms with Crippen LogP contribution < -0.4 is 10.6 Å². The molecule has 3 N–H and O–H groups in total. The average Bonchev–Trinajstić information content (AvgIpc) is 2.66. The predicted molar refractivity (Wildman–Crippen MR) is 85.1 cm³/mol. The number of nitrogen functional groups attached to an aromatic ring is 1. The van der Waals surface area contributed by atoms with Crippen LogP contribution in [0.3, 0.4) is 0 Å². The molecule has 104 valence electrons. The summed E-state index contributed by atoms with van der Waals surface area (Å²) in [5.41, 5.74) is 7.61. The quantitative estimate of drug-likeness (QED) is 0.503. The molecular formula is C15H22BrN3. The van der Waals surface area contributed by atoms with Crippen LogP contribution in [0, 0.1) is 5.41 Å². The number of halogens is 1. The summed E-state index contributed by atoms with van der Waals surface area (Å²) < 4.78 is 0.968. The molecule has 1 aromatic rings. The second kappa shape index (κ2) is 6.42. The Bertz CT molecular complexity index is 451. The lowest BCUT2D eigenvalue weighted by molar-refractivity contribution is 0.553. The lowest BCUT2D eigenvalue weighted by atomic mass is 10.0. The molecule has 0 amide bonds. The van der Waals surface area contributed by atoms with Gasteiger partial charge in [0.2, 0.25) is 0 Å². The van der Waals surface area contributed by atoms with Crippen molar-refractivity contribution < 1.29 is 0 Å². The molecule has 1 aliphatic carbocycles. The zero-order chi connectivity index (χ0) is 13.8. The Hall–Kier alpha value is -1.03. The van der Waals surface area contributed by atoms with Gasteiger partial charge in [-0.15, -0.1) is 0 Å². The minimum absolute atomic E-state index is 0.136. The Kier molecular flexibility index (Phi) is 4.86. The largest absolute Gasteiger partial charge is 0.384 e. The molecule has 0 spiro atoms. The molecule has 3 nitrogen and oxygen atoms in total. The van der Waals surface area contributed by atoms with Crippen LogP contribution in [0.25, 0.3) is 0 Å². The Balaban J connectivity index is 2.26. The highest BCUT2D eigenvalue weighted by Crippen LogP contribution is 2.29. The van der Waals surface area contributed by atoms with E-state index in [1.54, 1.807) is 0 Å². The van der Waals surface area contributed by atoms with E-state index in [1.165, 1.54) is 38.5 Å². The van der Waals surface area contributed by atoms with Crippen molar-refractivity contribution in [3.63, 3.8) is 0 Å². The van der Waals surface area contributed by atoms with Gasteiger partial charge in [-0.05, 0) is 31.0 Å². The van der Waals surface area contributed by atoms with Crippen LogP contribution >= 0.6 is 15.9 Å². The second-order valence-corrected chi connectivity index (χ2v) is 6.25. The van der Waals surface area contributed by atoms with E-state index in [1.807, 2.05) is 12.1 Å². The van der Waals surface area contributed by atoms with E-state index in [4.69, 9.17) is 11.1 Å². The SMILES string of the molecule is CN(c1ccc(Br)cc1C(=N)N)C1CCCCCC1. The molecule has 1 fully saturated rings. The molecule has 1 saturated carbocycles. The summed E-state index contributed by atoms with van der Waals surface area (Å²) in [6.07, 6.45) is 7.80. The molecule has 0 bridgehead atoms. The van der Waals surface area contributed by atoms with Crippen LogP contribution in [-0.2, 0) is 0 Å². The number of hydrogen-bond acceptors (Lipinski definition) is 2. The fourth-order valence-corrected chi connectivity index (χ4v) is 3.23. The van der Waals surface area contributed by atoms with Crippen LogP contribution in [0.5, 0.6) is 0 Å². The molecule has 0 saturated heterocycles. The summed E-state index contributed by atoms with van der Waals surface area (Å²) in [7, 11) is 2.13. The predicted octanol–water partition coefficient (Wildman–Crippen LogP) is 3.89. The van der Waals surface area contributed by atoms with E-state index in [2.05, 4.69) is 33.9 Å². The maximum absolute atomic E-state index is 7.75. The molecule has 0 aromatic heterocycles. The molecular weight excluding hydrogens is 302 g/mol. The molecule has 2 rings (SSSR count). The molecule has 0 unspecified atom stereocenters. The van der Waals surface area contributed by atoms with Crippen LogP contribution in [0.2, 0.25) is 0 Å².